The third-order valence-electron chi connectivity index (χ3n) is 2.90. The molecule has 1 N–H and O–H groups in total. The van der Waals surface area contributed by atoms with Gasteiger partial charge >= 0.3 is 0 Å². The lowest BCUT2D eigenvalue weighted by atomic mass is 9.87. The molecule has 0 aliphatic rings. The number of hydrogen-bond acceptors (Lipinski definition) is 4. The topological polar surface area (TPSA) is 64.2 Å². The first-order valence-corrected chi connectivity index (χ1v) is 6.32. The monoisotopic (exact) mass is 274 g/mol. The Morgan fingerprint density at radius 2 is 2.00 bits per heavy atom. The van der Waals surface area contributed by atoms with Gasteiger partial charge in [-0.15, -0.1) is 0 Å². The van der Waals surface area contributed by atoms with Crippen LogP contribution in [0, 0.1) is 0 Å². The molecule has 5 heteroatoms. The molecule has 0 unspecified atom stereocenters. The van der Waals surface area contributed by atoms with Gasteiger partial charge in [0.25, 0.3) is 11.4 Å². The van der Waals surface area contributed by atoms with Gasteiger partial charge in [-0.2, -0.15) is 0 Å². The van der Waals surface area contributed by atoms with E-state index in [1.54, 1.807) is 0 Å². The molecule has 5 nitrogen and oxygen atoms in total. The van der Waals surface area contributed by atoms with Crippen molar-refractivity contribution in [2.24, 2.45) is 0 Å². The van der Waals surface area contributed by atoms with Crippen LogP contribution in [0.15, 0.2) is 35.4 Å². The van der Waals surface area contributed by atoms with Gasteiger partial charge in [-0.25, -0.2) is 4.98 Å². The van der Waals surface area contributed by atoms with Crippen molar-refractivity contribution in [2.75, 3.05) is 7.11 Å². The number of aromatic amines is 1. The standard InChI is InChI=1S/C15H18N2O3/c1-15(2,3)10-6-5-7-11(8-10)20-14-12(19-4)13(18)16-9-17-14/h5-9H,1-4H3,(H,16,17,18). The van der Waals surface area contributed by atoms with Crippen LogP contribution in [0.25, 0.3) is 0 Å². The second kappa shape index (κ2) is 5.36. The van der Waals surface area contributed by atoms with Gasteiger partial charge in [-0.05, 0) is 23.1 Å². The Hall–Kier alpha value is -2.30. The Morgan fingerprint density at radius 3 is 2.65 bits per heavy atom. The van der Waals surface area contributed by atoms with Crippen molar-refractivity contribution in [1.29, 1.82) is 0 Å². The average Bonchev–Trinajstić information content (AvgIpc) is 2.38. The Balaban J connectivity index is 2.36. The van der Waals surface area contributed by atoms with Crippen molar-refractivity contribution in [3.63, 3.8) is 0 Å². The molecule has 0 aliphatic heterocycles. The largest absolute Gasteiger partial charge is 0.487 e. The summed E-state index contributed by atoms with van der Waals surface area (Å²) < 4.78 is 10.7. The molecule has 0 fully saturated rings. The Kier molecular flexibility index (Phi) is 3.79. The molecule has 2 rings (SSSR count). The van der Waals surface area contributed by atoms with E-state index < -0.39 is 0 Å². The van der Waals surface area contributed by atoms with Crippen molar-refractivity contribution in [3.8, 4) is 17.4 Å². The lowest BCUT2D eigenvalue weighted by Gasteiger charge is -2.19. The minimum Gasteiger partial charge on any atom is -0.487 e. The summed E-state index contributed by atoms with van der Waals surface area (Å²) in [6.45, 7) is 6.37. The highest BCUT2D eigenvalue weighted by atomic mass is 16.5. The van der Waals surface area contributed by atoms with Crippen LogP contribution in [-0.4, -0.2) is 17.1 Å². The van der Waals surface area contributed by atoms with E-state index in [0.717, 1.165) is 5.56 Å². The molecule has 0 saturated carbocycles. The fourth-order valence-corrected chi connectivity index (χ4v) is 1.76. The number of hydrogen-bond donors (Lipinski definition) is 1. The van der Waals surface area contributed by atoms with Crippen molar-refractivity contribution in [2.45, 2.75) is 26.2 Å². The molecule has 0 radical (unpaired) electrons. The van der Waals surface area contributed by atoms with E-state index in [1.165, 1.54) is 13.4 Å². The lowest BCUT2D eigenvalue weighted by Crippen LogP contribution is -2.12. The summed E-state index contributed by atoms with van der Waals surface area (Å²) in [5.41, 5.74) is 0.786. The van der Waals surface area contributed by atoms with Crippen LogP contribution in [0.2, 0.25) is 0 Å². The SMILES string of the molecule is COc1c(Oc2cccc(C(C)(C)C)c2)nc[nH]c1=O. The van der Waals surface area contributed by atoms with Gasteiger partial charge in [0, 0.05) is 0 Å². The van der Waals surface area contributed by atoms with Crippen LogP contribution < -0.4 is 15.0 Å². The van der Waals surface area contributed by atoms with Gasteiger partial charge in [0.05, 0.1) is 13.4 Å². The van der Waals surface area contributed by atoms with E-state index in [1.807, 2.05) is 24.3 Å². The van der Waals surface area contributed by atoms with E-state index in [-0.39, 0.29) is 22.6 Å². The third kappa shape index (κ3) is 2.99. The molecule has 0 aliphatic carbocycles. The summed E-state index contributed by atoms with van der Waals surface area (Å²) in [6, 6.07) is 7.70. The molecule has 106 valence electrons. The lowest BCUT2D eigenvalue weighted by molar-refractivity contribution is 0.362. The normalized spacial score (nSPS) is 11.2. The van der Waals surface area contributed by atoms with Crippen LogP contribution >= 0.6 is 0 Å². The summed E-state index contributed by atoms with van der Waals surface area (Å²) in [4.78, 5) is 18.0. The second-order valence-electron chi connectivity index (χ2n) is 5.45. The minimum atomic E-state index is -0.371. The number of nitrogens with zero attached hydrogens (tertiary/aromatic N) is 1. The molecule has 0 bridgehead atoms. The number of benzene rings is 1. The summed E-state index contributed by atoms with van der Waals surface area (Å²) in [5, 5.41) is 0. The van der Waals surface area contributed by atoms with Gasteiger partial charge in [0.15, 0.2) is 0 Å². The Bertz CT molecular complexity index is 657. The van der Waals surface area contributed by atoms with Gasteiger partial charge < -0.3 is 14.5 Å². The van der Waals surface area contributed by atoms with E-state index in [4.69, 9.17) is 9.47 Å². The first-order chi connectivity index (χ1) is 9.41. The zero-order chi connectivity index (χ0) is 14.8. The molecule has 1 heterocycles. The highest BCUT2D eigenvalue weighted by molar-refractivity contribution is 5.38. The van der Waals surface area contributed by atoms with Gasteiger partial charge in [0.1, 0.15) is 5.75 Å². The number of ether oxygens (including phenoxy) is 2. The van der Waals surface area contributed by atoms with Crippen molar-refractivity contribution >= 4 is 0 Å². The smallest absolute Gasteiger partial charge is 0.297 e. The molecule has 0 amide bonds. The van der Waals surface area contributed by atoms with Crippen LogP contribution in [0.4, 0.5) is 0 Å². The molecule has 1 aromatic heterocycles. The zero-order valence-electron chi connectivity index (χ0n) is 12.1. The number of methoxy groups -OCH3 is 1. The second-order valence-corrected chi connectivity index (χ2v) is 5.45. The number of nitrogens with one attached hydrogen (secondary N) is 1. The predicted molar refractivity (Wildman–Crippen MR) is 76.6 cm³/mol. The van der Waals surface area contributed by atoms with Crippen molar-refractivity contribution in [3.05, 3.63) is 46.5 Å². The molecule has 2 aromatic rings. The van der Waals surface area contributed by atoms with Crippen LogP contribution in [0.5, 0.6) is 17.4 Å². The molecule has 20 heavy (non-hydrogen) atoms. The quantitative estimate of drug-likeness (QED) is 0.934. The van der Waals surface area contributed by atoms with Crippen molar-refractivity contribution < 1.29 is 9.47 Å². The number of aromatic nitrogens is 2. The van der Waals surface area contributed by atoms with Crippen molar-refractivity contribution in [1.82, 2.24) is 9.97 Å². The number of H-pyrrole nitrogens is 1. The van der Waals surface area contributed by atoms with E-state index in [2.05, 4.69) is 30.7 Å². The molecule has 1 aromatic carbocycles. The Morgan fingerprint density at radius 1 is 1.25 bits per heavy atom. The maximum Gasteiger partial charge on any atom is 0.297 e. The predicted octanol–water partition coefficient (Wildman–Crippen LogP) is 2.87. The summed E-state index contributed by atoms with van der Waals surface area (Å²) in [7, 11) is 1.41. The molecular formula is C15H18N2O3. The van der Waals surface area contributed by atoms with E-state index in [0.29, 0.717) is 5.75 Å². The molecule has 0 spiro atoms. The van der Waals surface area contributed by atoms with E-state index >= 15 is 0 Å². The maximum atomic E-state index is 11.6. The highest BCUT2D eigenvalue weighted by Gasteiger charge is 2.16. The fourth-order valence-electron chi connectivity index (χ4n) is 1.76. The van der Waals surface area contributed by atoms with Crippen LogP contribution in [-0.2, 0) is 5.41 Å². The van der Waals surface area contributed by atoms with Gasteiger partial charge in [-0.1, -0.05) is 32.9 Å². The summed E-state index contributed by atoms with van der Waals surface area (Å²) in [5.74, 6) is 0.838. The zero-order valence-corrected chi connectivity index (χ0v) is 12.1. The number of rotatable bonds is 3. The maximum absolute atomic E-state index is 11.6. The first kappa shape index (κ1) is 14.1. The van der Waals surface area contributed by atoms with Crippen LogP contribution in [0.1, 0.15) is 26.3 Å². The van der Waals surface area contributed by atoms with Crippen LogP contribution in [0.3, 0.4) is 0 Å². The third-order valence-corrected chi connectivity index (χ3v) is 2.90. The minimum absolute atomic E-state index is 0.0189. The van der Waals surface area contributed by atoms with E-state index in [9.17, 15) is 4.79 Å². The highest BCUT2D eigenvalue weighted by Crippen LogP contribution is 2.29. The molecule has 0 atom stereocenters. The first-order valence-electron chi connectivity index (χ1n) is 6.32. The summed E-state index contributed by atoms with van der Waals surface area (Å²) >= 11 is 0. The molecular weight excluding hydrogens is 256 g/mol. The molecule has 0 saturated heterocycles. The van der Waals surface area contributed by atoms with Gasteiger partial charge in [0.2, 0.25) is 5.75 Å². The average molecular weight is 274 g/mol. The van der Waals surface area contributed by atoms with Gasteiger partial charge in [-0.3, -0.25) is 4.79 Å². The Labute approximate surface area is 117 Å². The fraction of sp³-hybridized carbons (Fsp3) is 0.333. The summed E-state index contributed by atoms with van der Waals surface area (Å²) in [6.07, 6.45) is 1.29.